The van der Waals surface area contributed by atoms with Gasteiger partial charge in [0.05, 0.1) is 12.8 Å². The second kappa shape index (κ2) is 6.45. The molecule has 3 aromatic rings. The lowest BCUT2D eigenvalue weighted by Gasteiger charge is -2.03. The number of carbonyl (C=O) groups is 1. The molecule has 126 valence electrons. The average Bonchev–Trinajstić information content (AvgIpc) is 3.30. The van der Waals surface area contributed by atoms with Crippen molar-refractivity contribution in [3.63, 3.8) is 0 Å². The van der Waals surface area contributed by atoms with Gasteiger partial charge in [-0.25, -0.2) is 4.98 Å². The Bertz CT molecular complexity index is 921. The Balaban J connectivity index is 1.50. The maximum Gasteiger partial charge on any atom is 0.257 e. The largest absolute Gasteiger partial charge is 0.497 e. The first-order chi connectivity index (χ1) is 12.2. The van der Waals surface area contributed by atoms with E-state index in [-0.39, 0.29) is 12.7 Å². The van der Waals surface area contributed by atoms with Crippen molar-refractivity contribution in [3.05, 3.63) is 53.4 Å². The number of ether oxygens (including phenoxy) is 3. The molecule has 0 fully saturated rings. The maximum absolute atomic E-state index is 12.3. The molecule has 25 heavy (non-hydrogen) atoms. The minimum absolute atomic E-state index is 0.214. The van der Waals surface area contributed by atoms with Crippen molar-refractivity contribution in [1.82, 2.24) is 4.98 Å². The van der Waals surface area contributed by atoms with Crippen LogP contribution in [-0.4, -0.2) is 24.8 Å². The highest BCUT2D eigenvalue weighted by molar-refractivity contribution is 7.14. The third-order valence-electron chi connectivity index (χ3n) is 3.75. The maximum atomic E-state index is 12.3. The number of amides is 1. The van der Waals surface area contributed by atoms with E-state index in [1.807, 2.05) is 23.6 Å². The van der Waals surface area contributed by atoms with Gasteiger partial charge in [0.15, 0.2) is 16.6 Å². The Kier molecular flexibility index (Phi) is 3.99. The van der Waals surface area contributed by atoms with Crippen LogP contribution in [0.4, 0.5) is 5.13 Å². The van der Waals surface area contributed by atoms with Gasteiger partial charge in [-0.3, -0.25) is 10.1 Å². The number of fused-ring (bicyclic) bond motifs is 1. The number of rotatable bonds is 4. The number of aromatic nitrogens is 1. The molecule has 0 unspecified atom stereocenters. The number of hydrogen-bond donors (Lipinski definition) is 1. The third-order valence-corrected chi connectivity index (χ3v) is 4.50. The molecule has 4 rings (SSSR count). The predicted octanol–water partition coefficient (Wildman–Crippen LogP) is 3.80. The van der Waals surface area contributed by atoms with Gasteiger partial charge in [0.2, 0.25) is 6.79 Å². The minimum Gasteiger partial charge on any atom is -0.497 e. The number of nitrogens with one attached hydrogen (secondary N) is 1. The van der Waals surface area contributed by atoms with Crippen LogP contribution in [0.15, 0.2) is 47.8 Å². The van der Waals surface area contributed by atoms with Gasteiger partial charge in [-0.2, -0.15) is 0 Å². The Morgan fingerprint density at radius 3 is 2.76 bits per heavy atom. The SMILES string of the molecule is COc1ccc(C(=O)Nc2nc(-c3ccc4c(c3)OCO4)cs2)cc1. The number of carbonyl (C=O) groups excluding carboxylic acids is 1. The number of benzene rings is 2. The standard InChI is InChI=1S/C18H14N2O4S/c1-22-13-5-2-11(3-6-13)17(21)20-18-19-14(9-25-18)12-4-7-15-16(8-12)24-10-23-15/h2-9H,10H2,1H3,(H,19,20,21). The molecule has 0 bridgehead atoms. The van der Waals surface area contributed by atoms with Gasteiger partial charge < -0.3 is 14.2 Å². The van der Waals surface area contributed by atoms with Crippen molar-refractivity contribution in [3.8, 4) is 28.5 Å². The topological polar surface area (TPSA) is 69.7 Å². The van der Waals surface area contributed by atoms with Crippen LogP contribution >= 0.6 is 11.3 Å². The first kappa shape index (κ1) is 15.5. The number of anilines is 1. The second-order valence-corrected chi connectivity index (χ2v) is 6.15. The van der Waals surface area contributed by atoms with Crippen LogP contribution in [-0.2, 0) is 0 Å². The fourth-order valence-corrected chi connectivity index (χ4v) is 3.15. The van der Waals surface area contributed by atoms with Crippen molar-refractivity contribution in [2.75, 3.05) is 19.2 Å². The van der Waals surface area contributed by atoms with Crippen molar-refractivity contribution < 1.29 is 19.0 Å². The number of methoxy groups -OCH3 is 1. The van der Waals surface area contributed by atoms with Crippen LogP contribution in [0.2, 0.25) is 0 Å². The third kappa shape index (κ3) is 3.14. The molecule has 0 radical (unpaired) electrons. The normalized spacial score (nSPS) is 12.0. The van der Waals surface area contributed by atoms with E-state index in [0.717, 1.165) is 17.0 Å². The molecule has 1 amide bonds. The van der Waals surface area contributed by atoms with Crippen LogP contribution in [0.1, 0.15) is 10.4 Å². The first-order valence-electron chi connectivity index (χ1n) is 7.54. The van der Waals surface area contributed by atoms with E-state index in [4.69, 9.17) is 14.2 Å². The lowest BCUT2D eigenvalue weighted by atomic mass is 10.1. The summed E-state index contributed by atoms with van der Waals surface area (Å²) in [5, 5.41) is 5.24. The Morgan fingerprint density at radius 1 is 1.16 bits per heavy atom. The van der Waals surface area contributed by atoms with Gasteiger partial charge in [-0.1, -0.05) is 0 Å². The molecule has 0 spiro atoms. The molecular weight excluding hydrogens is 340 g/mol. The van der Waals surface area contributed by atoms with Gasteiger partial charge in [0, 0.05) is 16.5 Å². The summed E-state index contributed by atoms with van der Waals surface area (Å²) >= 11 is 1.37. The summed E-state index contributed by atoms with van der Waals surface area (Å²) in [5.41, 5.74) is 2.22. The lowest BCUT2D eigenvalue weighted by Crippen LogP contribution is -2.11. The molecule has 0 saturated heterocycles. The van der Waals surface area contributed by atoms with E-state index in [1.54, 1.807) is 31.4 Å². The summed E-state index contributed by atoms with van der Waals surface area (Å²) in [5.74, 6) is 1.92. The molecular formula is C18H14N2O4S. The number of nitrogens with zero attached hydrogens (tertiary/aromatic N) is 1. The zero-order chi connectivity index (χ0) is 17.2. The number of hydrogen-bond acceptors (Lipinski definition) is 6. The fourth-order valence-electron chi connectivity index (χ4n) is 2.43. The quantitative estimate of drug-likeness (QED) is 0.772. The van der Waals surface area contributed by atoms with E-state index in [0.29, 0.717) is 22.2 Å². The molecule has 1 N–H and O–H groups in total. The van der Waals surface area contributed by atoms with Crippen molar-refractivity contribution in [2.45, 2.75) is 0 Å². The molecule has 7 heteroatoms. The highest BCUT2D eigenvalue weighted by Gasteiger charge is 2.15. The molecule has 0 saturated carbocycles. The van der Waals surface area contributed by atoms with E-state index < -0.39 is 0 Å². The summed E-state index contributed by atoms with van der Waals surface area (Å²) in [6.07, 6.45) is 0. The Morgan fingerprint density at radius 2 is 1.96 bits per heavy atom. The van der Waals surface area contributed by atoms with Crippen molar-refractivity contribution >= 4 is 22.4 Å². The molecule has 1 aromatic heterocycles. The summed E-state index contributed by atoms with van der Waals surface area (Å²) < 4.78 is 15.8. The lowest BCUT2D eigenvalue weighted by molar-refractivity contribution is 0.102. The Labute approximate surface area is 148 Å². The summed E-state index contributed by atoms with van der Waals surface area (Å²) in [7, 11) is 1.59. The molecule has 1 aliphatic rings. The molecule has 2 heterocycles. The highest BCUT2D eigenvalue weighted by atomic mass is 32.1. The summed E-state index contributed by atoms with van der Waals surface area (Å²) in [6, 6.07) is 12.6. The second-order valence-electron chi connectivity index (χ2n) is 5.29. The molecule has 1 aliphatic heterocycles. The predicted molar refractivity (Wildman–Crippen MR) is 94.6 cm³/mol. The van der Waals surface area contributed by atoms with E-state index >= 15 is 0 Å². The van der Waals surface area contributed by atoms with Crippen LogP contribution in [0.3, 0.4) is 0 Å². The van der Waals surface area contributed by atoms with Gasteiger partial charge >= 0.3 is 0 Å². The van der Waals surface area contributed by atoms with Crippen LogP contribution in [0.5, 0.6) is 17.2 Å². The molecule has 0 aliphatic carbocycles. The van der Waals surface area contributed by atoms with E-state index in [1.165, 1.54) is 11.3 Å². The zero-order valence-electron chi connectivity index (χ0n) is 13.3. The molecule has 2 aromatic carbocycles. The molecule has 6 nitrogen and oxygen atoms in total. The van der Waals surface area contributed by atoms with Crippen molar-refractivity contribution in [2.24, 2.45) is 0 Å². The van der Waals surface area contributed by atoms with E-state index in [9.17, 15) is 4.79 Å². The van der Waals surface area contributed by atoms with Gasteiger partial charge in [-0.15, -0.1) is 11.3 Å². The van der Waals surface area contributed by atoms with Gasteiger partial charge in [0.25, 0.3) is 5.91 Å². The highest BCUT2D eigenvalue weighted by Crippen LogP contribution is 2.36. The van der Waals surface area contributed by atoms with Crippen molar-refractivity contribution in [1.29, 1.82) is 0 Å². The smallest absolute Gasteiger partial charge is 0.257 e. The van der Waals surface area contributed by atoms with E-state index in [2.05, 4.69) is 10.3 Å². The summed E-state index contributed by atoms with van der Waals surface area (Å²) in [6.45, 7) is 0.235. The fraction of sp³-hybridized carbons (Fsp3) is 0.111. The van der Waals surface area contributed by atoms with Crippen LogP contribution in [0, 0.1) is 0 Å². The van der Waals surface area contributed by atoms with Crippen LogP contribution < -0.4 is 19.5 Å². The Hall–Kier alpha value is -3.06. The monoisotopic (exact) mass is 354 g/mol. The zero-order valence-corrected chi connectivity index (χ0v) is 14.1. The number of thiazole rings is 1. The van der Waals surface area contributed by atoms with Gasteiger partial charge in [-0.05, 0) is 42.5 Å². The van der Waals surface area contributed by atoms with Crippen LogP contribution in [0.25, 0.3) is 11.3 Å². The van der Waals surface area contributed by atoms with Gasteiger partial charge in [0.1, 0.15) is 5.75 Å². The molecule has 0 atom stereocenters. The minimum atomic E-state index is -0.214. The summed E-state index contributed by atoms with van der Waals surface area (Å²) in [4.78, 5) is 16.8. The first-order valence-corrected chi connectivity index (χ1v) is 8.42. The average molecular weight is 354 g/mol.